The van der Waals surface area contributed by atoms with E-state index in [1.165, 1.54) is 0 Å². The number of aromatic nitrogens is 3. The number of hydrogen-bond donors (Lipinski definition) is 0. The average molecular weight is 257 g/mol. The van der Waals surface area contributed by atoms with Crippen LogP contribution < -0.4 is 15.7 Å². The van der Waals surface area contributed by atoms with Gasteiger partial charge < -0.3 is 0 Å². The summed E-state index contributed by atoms with van der Waals surface area (Å²) in [5.41, 5.74) is 0.220. The van der Waals surface area contributed by atoms with Gasteiger partial charge in [0.15, 0.2) is 0 Å². The van der Waals surface area contributed by atoms with Gasteiger partial charge in [-0.1, -0.05) is 41.7 Å². The predicted octanol–water partition coefficient (Wildman–Crippen LogP) is 0.0589. The molecule has 0 bridgehead atoms. The third-order valence-corrected chi connectivity index (χ3v) is 3.33. The number of fused-ring (bicyclic) bond motifs is 1. The van der Waals surface area contributed by atoms with Crippen molar-refractivity contribution in [2.45, 2.75) is 0 Å². The van der Waals surface area contributed by atoms with Gasteiger partial charge in [-0.25, -0.2) is 0 Å². The first-order chi connectivity index (χ1) is 8.74. The van der Waals surface area contributed by atoms with Gasteiger partial charge in [0, 0.05) is 0 Å². The molecule has 0 saturated carbocycles. The van der Waals surface area contributed by atoms with E-state index < -0.39 is 5.56 Å². The fourth-order valence-electron chi connectivity index (χ4n) is 1.57. The largest absolute Gasteiger partial charge is 0.292 e. The van der Waals surface area contributed by atoms with E-state index in [0.717, 1.165) is 27.6 Å². The number of thiazole rings is 1. The van der Waals surface area contributed by atoms with Crippen molar-refractivity contribution in [3.63, 3.8) is 0 Å². The SMILES string of the molecule is O=c1cnn2c(=O)/c(=C\c3ccccc3)sc2n1. The van der Waals surface area contributed by atoms with Crippen LogP contribution in [0.2, 0.25) is 0 Å². The summed E-state index contributed by atoms with van der Waals surface area (Å²) in [4.78, 5) is 27.1. The molecule has 3 aromatic rings. The van der Waals surface area contributed by atoms with E-state index in [1.807, 2.05) is 30.3 Å². The van der Waals surface area contributed by atoms with E-state index in [9.17, 15) is 9.59 Å². The fourth-order valence-corrected chi connectivity index (χ4v) is 2.49. The van der Waals surface area contributed by atoms with Crippen LogP contribution >= 0.6 is 11.3 Å². The first-order valence-electron chi connectivity index (χ1n) is 5.20. The molecule has 0 aliphatic rings. The lowest BCUT2D eigenvalue weighted by atomic mass is 10.2. The van der Waals surface area contributed by atoms with Crippen molar-refractivity contribution in [2.24, 2.45) is 0 Å². The van der Waals surface area contributed by atoms with Gasteiger partial charge in [0.1, 0.15) is 6.20 Å². The predicted molar refractivity (Wildman–Crippen MR) is 68.6 cm³/mol. The fraction of sp³-hybridized carbons (Fsp3) is 0. The number of hydrogen-bond acceptors (Lipinski definition) is 5. The summed E-state index contributed by atoms with van der Waals surface area (Å²) < 4.78 is 1.65. The number of nitrogens with zero attached hydrogens (tertiary/aromatic N) is 3. The second-order valence-electron chi connectivity index (χ2n) is 3.62. The highest BCUT2D eigenvalue weighted by Gasteiger charge is 2.04. The minimum atomic E-state index is -0.442. The molecule has 0 aliphatic heterocycles. The molecule has 0 spiro atoms. The van der Waals surface area contributed by atoms with Crippen LogP contribution in [0.1, 0.15) is 5.56 Å². The maximum atomic E-state index is 12.0. The van der Waals surface area contributed by atoms with Crippen molar-refractivity contribution >= 4 is 22.4 Å². The molecular formula is C12H7N3O2S. The van der Waals surface area contributed by atoms with E-state index >= 15 is 0 Å². The molecule has 6 heteroatoms. The first-order valence-corrected chi connectivity index (χ1v) is 6.01. The summed E-state index contributed by atoms with van der Waals surface area (Å²) in [6, 6.07) is 9.48. The summed E-state index contributed by atoms with van der Waals surface area (Å²) in [6.45, 7) is 0. The standard InChI is InChI=1S/C12H7N3O2S/c16-10-7-13-15-11(17)9(18-12(15)14-10)6-8-4-2-1-3-5-8/h1-7H/b9-6+. The van der Waals surface area contributed by atoms with Crippen LogP contribution in [0.15, 0.2) is 46.1 Å². The minimum Gasteiger partial charge on any atom is -0.266 e. The Hall–Kier alpha value is -2.34. The summed E-state index contributed by atoms with van der Waals surface area (Å²) in [5.74, 6) is 0. The van der Waals surface area contributed by atoms with Crippen LogP contribution in [-0.2, 0) is 0 Å². The third kappa shape index (κ3) is 1.82. The molecule has 3 rings (SSSR count). The van der Waals surface area contributed by atoms with Gasteiger partial charge in [-0.15, -0.1) is 0 Å². The lowest BCUT2D eigenvalue weighted by Crippen LogP contribution is -2.25. The highest BCUT2D eigenvalue weighted by Crippen LogP contribution is 2.00. The Labute approximate surface area is 105 Å². The molecule has 18 heavy (non-hydrogen) atoms. The van der Waals surface area contributed by atoms with E-state index in [4.69, 9.17) is 0 Å². The van der Waals surface area contributed by atoms with Gasteiger partial charge in [-0.3, -0.25) is 9.59 Å². The summed E-state index contributed by atoms with van der Waals surface area (Å²) in [7, 11) is 0. The molecule has 1 aromatic carbocycles. The molecule has 0 N–H and O–H groups in total. The Balaban J connectivity index is 2.31. The van der Waals surface area contributed by atoms with E-state index in [1.54, 1.807) is 6.08 Å². The van der Waals surface area contributed by atoms with Gasteiger partial charge in [-0.2, -0.15) is 14.6 Å². The van der Waals surface area contributed by atoms with E-state index in [-0.39, 0.29) is 5.56 Å². The normalized spacial score (nSPS) is 12.1. The molecule has 0 aliphatic carbocycles. The molecule has 0 saturated heterocycles. The smallest absolute Gasteiger partial charge is 0.266 e. The number of benzene rings is 1. The van der Waals surface area contributed by atoms with Crippen LogP contribution in [0.5, 0.6) is 0 Å². The minimum absolute atomic E-state index is 0.258. The molecule has 0 fully saturated rings. The van der Waals surface area contributed by atoms with Crippen molar-refractivity contribution in [3.8, 4) is 0 Å². The molecule has 2 aromatic heterocycles. The highest BCUT2D eigenvalue weighted by molar-refractivity contribution is 7.15. The third-order valence-electron chi connectivity index (χ3n) is 2.37. The Morgan fingerprint density at radius 2 is 1.94 bits per heavy atom. The monoisotopic (exact) mass is 257 g/mol. The van der Waals surface area contributed by atoms with E-state index in [0.29, 0.717) is 9.49 Å². The molecule has 0 atom stereocenters. The maximum Gasteiger partial charge on any atom is 0.292 e. The van der Waals surface area contributed by atoms with Gasteiger partial charge in [0.25, 0.3) is 11.1 Å². The van der Waals surface area contributed by atoms with Crippen molar-refractivity contribution in [2.75, 3.05) is 0 Å². The molecule has 0 amide bonds. The summed E-state index contributed by atoms with van der Waals surface area (Å²) in [5, 5.41) is 3.76. The lowest BCUT2D eigenvalue weighted by molar-refractivity contribution is 0.866. The van der Waals surface area contributed by atoms with Gasteiger partial charge in [-0.05, 0) is 11.6 Å². The molecule has 2 heterocycles. The van der Waals surface area contributed by atoms with Crippen LogP contribution in [0.4, 0.5) is 0 Å². The zero-order valence-electron chi connectivity index (χ0n) is 9.11. The summed E-state index contributed by atoms with van der Waals surface area (Å²) >= 11 is 1.15. The maximum absolute atomic E-state index is 12.0. The quantitative estimate of drug-likeness (QED) is 0.618. The average Bonchev–Trinajstić information content (AvgIpc) is 2.67. The van der Waals surface area contributed by atoms with Crippen molar-refractivity contribution in [3.05, 3.63) is 67.3 Å². The van der Waals surface area contributed by atoms with Crippen molar-refractivity contribution in [1.82, 2.24) is 14.6 Å². The highest BCUT2D eigenvalue weighted by atomic mass is 32.1. The van der Waals surface area contributed by atoms with Gasteiger partial charge in [0.05, 0.1) is 4.53 Å². The van der Waals surface area contributed by atoms with Crippen molar-refractivity contribution < 1.29 is 0 Å². The molecule has 88 valence electrons. The Morgan fingerprint density at radius 1 is 1.17 bits per heavy atom. The zero-order chi connectivity index (χ0) is 12.5. The molecule has 5 nitrogen and oxygen atoms in total. The van der Waals surface area contributed by atoms with Crippen molar-refractivity contribution in [1.29, 1.82) is 0 Å². The Bertz CT molecular complexity index is 868. The molecular weight excluding hydrogens is 250 g/mol. The number of rotatable bonds is 1. The van der Waals surface area contributed by atoms with E-state index in [2.05, 4.69) is 10.1 Å². The second kappa shape index (κ2) is 4.15. The molecule has 0 unspecified atom stereocenters. The van der Waals surface area contributed by atoms with Crippen LogP contribution in [0.3, 0.4) is 0 Å². The molecule has 0 radical (unpaired) electrons. The summed E-state index contributed by atoms with van der Waals surface area (Å²) in [6.07, 6.45) is 2.79. The first kappa shape index (κ1) is 10.8. The van der Waals surface area contributed by atoms with Gasteiger partial charge >= 0.3 is 0 Å². The Morgan fingerprint density at radius 3 is 2.72 bits per heavy atom. The topological polar surface area (TPSA) is 64.3 Å². The van der Waals surface area contributed by atoms with Gasteiger partial charge in [0.2, 0.25) is 4.96 Å². The van der Waals surface area contributed by atoms with Crippen LogP contribution in [0.25, 0.3) is 11.0 Å². The zero-order valence-corrected chi connectivity index (χ0v) is 9.92. The Kier molecular flexibility index (Phi) is 2.49. The lowest BCUT2D eigenvalue weighted by Gasteiger charge is -1.87. The van der Waals surface area contributed by atoms with Crippen LogP contribution in [0, 0.1) is 0 Å². The second-order valence-corrected chi connectivity index (χ2v) is 4.62. The van der Waals surface area contributed by atoms with Crippen LogP contribution in [-0.4, -0.2) is 14.6 Å².